The Bertz CT molecular complexity index is 482. The lowest BCUT2D eigenvalue weighted by molar-refractivity contribution is 0.0914. The molecule has 1 aromatic heterocycles. The van der Waals surface area contributed by atoms with E-state index in [9.17, 15) is 9.59 Å². The average Bonchev–Trinajstić information content (AvgIpc) is 2.74. The molecule has 4 heteroatoms. The van der Waals surface area contributed by atoms with Crippen LogP contribution in [0.4, 0.5) is 0 Å². The predicted molar refractivity (Wildman–Crippen MR) is 74.3 cm³/mol. The molecule has 1 aromatic rings. The molecule has 1 saturated carbocycles. The summed E-state index contributed by atoms with van der Waals surface area (Å²) in [6, 6.07) is 1.95. The SMILES string of the molecule is CC(=O)c1cc(C(=O)NC2CCC(C)CC2)n(C)c1. The second kappa shape index (κ2) is 5.59. The van der Waals surface area contributed by atoms with Gasteiger partial charge in [0.05, 0.1) is 0 Å². The molecule has 0 aromatic carbocycles. The summed E-state index contributed by atoms with van der Waals surface area (Å²) in [6.45, 7) is 3.77. The second-order valence-electron chi connectivity index (χ2n) is 5.71. The van der Waals surface area contributed by atoms with E-state index in [2.05, 4.69) is 12.2 Å². The van der Waals surface area contributed by atoms with Crippen LogP contribution in [0.25, 0.3) is 0 Å². The molecule has 0 saturated heterocycles. The predicted octanol–water partition coefficient (Wildman–Crippen LogP) is 2.54. The number of amides is 1. The molecule has 1 heterocycles. The summed E-state index contributed by atoms with van der Waals surface area (Å²) >= 11 is 0. The molecule has 1 aliphatic carbocycles. The largest absolute Gasteiger partial charge is 0.348 e. The van der Waals surface area contributed by atoms with Crippen LogP contribution < -0.4 is 5.32 Å². The molecular formula is C15H22N2O2. The van der Waals surface area contributed by atoms with E-state index in [1.165, 1.54) is 19.8 Å². The first-order valence-electron chi connectivity index (χ1n) is 6.95. The lowest BCUT2D eigenvalue weighted by Crippen LogP contribution is -2.38. The van der Waals surface area contributed by atoms with E-state index in [-0.39, 0.29) is 17.7 Å². The lowest BCUT2D eigenvalue weighted by Gasteiger charge is -2.26. The maximum absolute atomic E-state index is 12.2. The summed E-state index contributed by atoms with van der Waals surface area (Å²) in [5.41, 5.74) is 1.15. The Morgan fingerprint density at radius 3 is 2.42 bits per heavy atom. The summed E-state index contributed by atoms with van der Waals surface area (Å²) < 4.78 is 1.72. The normalized spacial score (nSPS) is 23.1. The highest BCUT2D eigenvalue weighted by Gasteiger charge is 2.21. The van der Waals surface area contributed by atoms with E-state index in [0.29, 0.717) is 11.3 Å². The topological polar surface area (TPSA) is 51.1 Å². The van der Waals surface area contributed by atoms with Crippen molar-refractivity contribution in [1.82, 2.24) is 9.88 Å². The van der Waals surface area contributed by atoms with Crippen LogP contribution in [0.3, 0.4) is 0 Å². The molecule has 0 radical (unpaired) electrons. The van der Waals surface area contributed by atoms with Gasteiger partial charge in [-0.15, -0.1) is 0 Å². The number of hydrogen-bond acceptors (Lipinski definition) is 2. The Morgan fingerprint density at radius 1 is 1.26 bits per heavy atom. The summed E-state index contributed by atoms with van der Waals surface area (Å²) in [6.07, 6.45) is 6.17. The molecule has 0 aliphatic heterocycles. The van der Waals surface area contributed by atoms with Crippen LogP contribution in [0.15, 0.2) is 12.3 Å². The summed E-state index contributed by atoms with van der Waals surface area (Å²) in [5, 5.41) is 3.08. The van der Waals surface area contributed by atoms with Gasteiger partial charge in [0.25, 0.3) is 5.91 Å². The molecule has 4 nitrogen and oxygen atoms in total. The Balaban J connectivity index is 2.02. The van der Waals surface area contributed by atoms with Gasteiger partial charge in [-0.25, -0.2) is 0 Å². The summed E-state index contributed by atoms with van der Waals surface area (Å²) in [7, 11) is 1.80. The number of rotatable bonds is 3. The van der Waals surface area contributed by atoms with Gasteiger partial charge in [-0.05, 0) is 44.6 Å². The first kappa shape index (κ1) is 13.8. The van der Waals surface area contributed by atoms with Gasteiger partial charge in [0.1, 0.15) is 5.69 Å². The number of carbonyl (C=O) groups excluding carboxylic acids is 2. The molecule has 0 bridgehead atoms. The van der Waals surface area contributed by atoms with E-state index in [1.807, 2.05) is 0 Å². The van der Waals surface area contributed by atoms with Crippen LogP contribution in [0.1, 0.15) is 60.4 Å². The van der Waals surface area contributed by atoms with Crippen molar-refractivity contribution in [2.75, 3.05) is 0 Å². The van der Waals surface area contributed by atoms with E-state index in [0.717, 1.165) is 18.8 Å². The van der Waals surface area contributed by atoms with Crippen molar-refractivity contribution < 1.29 is 9.59 Å². The Labute approximate surface area is 114 Å². The number of nitrogens with zero attached hydrogens (tertiary/aromatic N) is 1. The van der Waals surface area contributed by atoms with Crippen LogP contribution in [-0.2, 0) is 7.05 Å². The number of nitrogens with one attached hydrogen (secondary N) is 1. The zero-order chi connectivity index (χ0) is 14.0. The van der Waals surface area contributed by atoms with Gasteiger partial charge in [-0.3, -0.25) is 9.59 Å². The van der Waals surface area contributed by atoms with Crippen LogP contribution in [0.5, 0.6) is 0 Å². The van der Waals surface area contributed by atoms with Gasteiger partial charge in [0, 0.05) is 24.8 Å². The van der Waals surface area contributed by atoms with Gasteiger partial charge in [-0.2, -0.15) is 0 Å². The highest BCUT2D eigenvalue weighted by Crippen LogP contribution is 2.23. The van der Waals surface area contributed by atoms with Crippen LogP contribution in [-0.4, -0.2) is 22.3 Å². The van der Waals surface area contributed by atoms with Gasteiger partial charge in [0.2, 0.25) is 0 Å². The van der Waals surface area contributed by atoms with Crippen molar-refractivity contribution in [3.05, 3.63) is 23.5 Å². The van der Waals surface area contributed by atoms with Gasteiger partial charge in [0.15, 0.2) is 5.78 Å². The fourth-order valence-electron chi connectivity index (χ4n) is 2.65. The monoisotopic (exact) mass is 262 g/mol. The van der Waals surface area contributed by atoms with Crippen molar-refractivity contribution in [2.45, 2.75) is 45.6 Å². The third kappa shape index (κ3) is 3.25. The zero-order valence-electron chi connectivity index (χ0n) is 11.9. The van der Waals surface area contributed by atoms with Crippen LogP contribution in [0, 0.1) is 5.92 Å². The molecule has 0 unspecified atom stereocenters. The molecule has 0 spiro atoms. The van der Waals surface area contributed by atoms with Crippen molar-refractivity contribution in [2.24, 2.45) is 13.0 Å². The third-order valence-electron chi connectivity index (χ3n) is 4.00. The van der Waals surface area contributed by atoms with Crippen LogP contribution in [0.2, 0.25) is 0 Å². The van der Waals surface area contributed by atoms with E-state index in [1.54, 1.807) is 23.9 Å². The van der Waals surface area contributed by atoms with Crippen molar-refractivity contribution in [1.29, 1.82) is 0 Å². The first-order chi connectivity index (χ1) is 8.97. The number of Topliss-reactive ketones (excluding diaryl/α,β-unsaturated/α-hetero) is 1. The Kier molecular flexibility index (Phi) is 4.08. The highest BCUT2D eigenvalue weighted by molar-refractivity contribution is 5.99. The molecule has 1 N–H and O–H groups in total. The summed E-state index contributed by atoms with van der Waals surface area (Å²) in [4.78, 5) is 23.5. The molecule has 2 rings (SSSR count). The fourth-order valence-corrected chi connectivity index (χ4v) is 2.65. The van der Waals surface area contributed by atoms with E-state index in [4.69, 9.17) is 0 Å². The van der Waals surface area contributed by atoms with E-state index < -0.39 is 0 Å². The van der Waals surface area contributed by atoms with Crippen molar-refractivity contribution in [3.63, 3.8) is 0 Å². The van der Waals surface area contributed by atoms with E-state index >= 15 is 0 Å². The van der Waals surface area contributed by atoms with Gasteiger partial charge >= 0.3 is 0 Å². The first-order valence-corrected chi connectivity index (χ1v) is 6.95. The molecule has 1 amide bonds. The molecule has 1 aliphatic rings. The lowest BCUT2D eigenvalue weighted by atomic mass is 9.87. The fraction of sp³-hybridized carbons (Fsp3) is 0.600. The average molecular weight is 262 g/mol. The quantitative estimate of drug-likeness (QED) is 0.851. The molecule has 19 heavy (non-hydrogen) atoms. The number of ketones is 1. The minimum absolute atomic E-state index is 0.0128. The number of carbonyl (C=O) groups is 2. The minimum Gasteiger partial charge on any atom is -0.348 e. The van der Waals surface area contributed by atoms with Crippen LogP contribution >= 0.6 is 0 Å². The van der Waals surface area contributed by atoms with Crippen molar-refractivity contribution in [3.8, 4) is 0 Å². The summed E-state index contributed by atoms with van der Waals surface area (Å²) in [5.74, 6) is 0.684. The zero-order valence-corrected chi connectivity index (χ0v) is 11.9. The smallest absolute Gasteiger partial charge is 0.268 e. The maximum Gasteiger partial charge on any atom is 0.268 e. The Hall–Kier alpha value is -1.58. The molecule has 104 valence electrons. The number of aryl methyl sites for hydroxylation is 1. The highest BCUT2D eigenvalue weighted by atomic mass is 16.2. The van der Waals surface area contributed by atoms with Crippen molar-refractivity contribution >= 4 is 11.7 Å². The van der Waals surface area contributed by atoms with Gasteiger partial charge < -0.3 is 9.88 Å². The van der Waals surface area contributed by atoms with Gasteiger partial charge in [-0.1, -0.05) is 6.92 Å². The standard InChI is InChI=1S/C15H22N2O2/c1-10-4-6-13(7-5-10)16-15(19)14-8-12(11(2)18)9-17(14)3/h8-10,13H,4-7H2,1-3H3,(H,16,19). The Morgan fingerprint density at radius 2 is 1.89 bits per heavy atom. The number of aromatic nitrogens is 1. The maximum atomic E-state index is 12.2. The minimum atomic E-state index is -0.0745. The molecule has 1 fully saturated rings. The third-order valence-corrected chi connectivity index (χ3v) is 4.00. The molecule has 0 atom stereocenters. The second-order valence-corrected chi connectivity index (χ2v) is 5.71. The number of hydrogen-bond donors (Lipinski definition) is 1. The molecular weight excluding hydrogens is 240 g/mol.